The first-order valence-corrected chi connectivity index (χ1v) is 9.89. The van der Waals surface area contributed by atoms with Gasteiger partial charge in [-0.3, -0.25) is 14.2 Å². The Hall–Kier alpha value is -3.73. The van der Waals surface area contributed by atoms with Crippen molar-refractivity contribution < 1.29 is 9.59 Å². The van der Waals surface area contributed by atoms with Crippen LogP contribution in [0.15, 0.2) is 73.1 Å². The van der Waals surface area contributed by atoms with E-state index < -0.39 is 0 Å². The van der Waals surface area contributed by atoms with Gasteiger partial charge in [0.1, 0.15) is 6.33 Å². The molecule has 5 nitrogen and oxygen atoms in total. The van der Waals surface area contributed by atoms with Gasteiger partial charge in [-0.05, 0) is 54.8 Å². The van der Waals surface area contributed by atoms with E-state index in [1.165, 1.54) is 6.92 Å². The van der Waals surface area contributed by atoms with Crippen LogP contribution in [-0.4, -0.2) is 21.2 Å². The number of aromatic nitrogens is 2. The van der Waals surface area contributed by atoms with E-state index in [2.05, 4.69) is 16.4 Å². The summed E-state index contributed by atoms with van der Waals surface area (Å²) in [5.74, 6) is -0.0133. The second-order valence-corrected chi connectivity index (χ2v) is 7.44. The number of benzene rings is 3. The number of ketones is 1. The quantitative estimate of drug-likeness (QED) is 0.477. The summed E-state index contributed by atoms with van der Waals surface area (Å²) >= 11 is 0. The number of amides is 1. The number of nitrogens with zero attached hydrogens (tertiary/aromatic N) is 2. The number of fused-ring (bicyclic) bond motifs is 1. The number of nitrogens with one attached hydrogen (secondary N) is 1. The van der Waals surface area contributed by atoms with E-state index in [-0.39, 0.29) is 17.7 Å². The Morgan fingerprint density at radius 1 is 0.967 bits per heavy atom. The van der Waals surface area contributed by atoms with Crippen molar-refractivity contribution in [3.8, 4) is 16.8 Å². The number of Topliss-reactive ketones (excluding diaryl/α,β-unsaturated/α-hetero) is 1. The van der Waals surface area contributed by atoms with Crippen LogP contribution < -0.4 is 5.32 Å². The van der Waals surface area contributed by atoms with Crippen molar-refractivity contribution in [3.05, 3.63) is 84.2 Å². The molecular formula is C25H23N3O2. The number of hydrogen-bond acceptors (Lipinski definition) is 3. The van der Waals surface area contributed by atoms with E-state index in [1.54, 1.807) is 13.3 Å². The Morgan fingerprint density at radius 3 is 2.53 bits per heavy atom. The lowest BCUT2D eigenvalue weighted by atomic mass is 9.97. The van der Waals surface area contributed by atoms with E-state index >= 15 is 0 Å². The maximum atomic E-state index is 12.0. The number of imidazole rings is 1. The summed E-state index contributed by atoms with van der Waals surface area (Å²) in [5.41, 5.74) is 6.42. The lowest BCUT2D eigenvalue weighted by Crippen LogP contribution is -2.23. The third kappa shape index (κ3) is 3.74. The maximum Gasteiger partial charge on any atom is 0.217 e. The van der Waals surface area contributed by atoms with Crippen LogP contribution in [0.3, 0.4) is 0 Å². The average Bonchev–Trinajstić information content (AvgIpc) is 3.16. The third-order valence-corrected chi connectivity index (χ3v) is 5.23. The van der Waals surface area contributed by atoms with Gasteiger partial charge in [-0.15, -0.1) is 0 Å². The van der Waals surface area contributed by atoms with E-state index in [9.17, 15) is 9.59 Å². The Balaban J connectivity index is 1.74. The monoisotopic (exact) mass is 397 g/mol. The third-order valence-electron chi connectivity index (χ3n) is 5.23. The highest BCUT2D eigenvalue weighted by atomic mass is 16.1. The van der Waals surface area contributed by atoms with Crippen LogP contribution >= 0.6 is 0 Å². The Kier molecular flexibility index (Phi) is 5.19. The molecule has 0 saturated carbocycles. The van der Waals surface area contributed by atoms with Crippen molar-refractivity contribution in [2.45, 2.75) is 26.8 Å². The summed E-state index contributed by atoms with van der Waals surface area (Å²) < 4.78 is 2.03. The molecule has 150 valence electrons. The molecule has 1 N–H and O–H groups in total. The number of carbonyl (C=O) groups is 2. The first-order valence-electron chi connectivity index (χ1n) is 9.89. The van der Waals surface area contributed by atoms with Crippen molar-refractivity contribution >= 4 is 22.7 Å². The fourth-order valence-corrected chi connectivity index (χ4v) is 3.76. The van der Waals surface area contributed by atoms with Crippen LogP contribution in [0.1, 0.15) is 42.7 Å². The molecule has 0 aliphatic rings. The molecule has 0 spiro atoms. The standard InChI is InChI=1S/C25H23N3O2/c1-16(27-18(3)30)19-11-12-25-24(14-19)26-15-28(25)21-8-6-7-20(13-21)23-10-5-4-9-22(23)17(2)29/h4-16H,1-3H3,(H,27,30). The minimum atomic E-state index is -0.0801. The summed E-state index contributed by atoms with van der Waals surface area (Å²) in [6.45, 7) is 5.06. The van der Waals surface area contributed by atoms with E-state index in [0.717, 1.165) is 33.4 Å². The van der Waals surface area contributed by atoms with Crippen LogP contribution in [0.5, 0.6) is 0 Å². The molecule has 0 bridgehead atoms. The van der Waals surface area contributed by atoms with Crippen LogP contribution in [0.2, 0.25) is 0 Å². The zero-order valence-electron chi connectivity index (χ0n) is 17.2. The van der Waals surface area contributed by atoms with E-state index in [0.29, 0.717) is 5.56 Å². The number of hydrogen-bond donors (Lipinski definition) is 1. The second kappa shape index (κ2) is 7.95. The van der Waals surface area contributed by atoms with Crippen LogP contribution in [0, 0.1) is 0 Å². The fourth-order valence-electron chi connectivity index (χ4n) is 3.76. The average molecular weight is 397 g/mol. The molecule has 1 aromatic heterocycles. The second-order valence-electron chi connectivity index (χ2n) is 7.44. The zero-order valence-corrected chi connectivity index (χ0v) is 17.2. The molecule has 1 amide bonds. The van der Waals surface area contributed by atoms with Crippen molar-refractivity contribution in [1.82, 2.24) is 14.9 Å². The Bertz CT molecular complexity index is 1260. The topological polar surface area (TPSA) is 64.0 Å². The normalized spacial score (nSPS) is 12.0. The largest absolute Gasteiger partial charge is 0.350 e. The smallest absolute Gasteiger partial charge is 0.217 e. The Morgan fingerprint density at radius 2 is 1.77 bits per heavy atom. The van der Waals surface area contributed by atoms with Gasteiger partial charge < -0.3 is 5.32 Å². The van der Waals surface area contributed by atoms with Gasteiger partial charge in [0.05, 0.1) is 17.1 Å². The number of rotatable bonds is 5. The van der Waals surface area contributed by atoms with Gasteiger partial charge in [-0.25, -0.2) is 4.98 Å². The molecular weight excluding hydrogens is 374 g/mol. The SMILES string of the molecule is CC(=O)NC(C)c1ccc2c(c1)ncn2-c1cccc(-c2ccccc2C(C)=O)c1. The highest BCUT2D eigenvalue weighted by molar-refractivity contribution is 6.00. The highest BCUT2D eigenvalue weighted by Crippen LogP contribution is 2.28. The summed E-state index contributed by atoms with van der Waals surface area (Å²) in [5, 5.41) is 2.90. The zero-order chi connectivity index (χ0) is 21.3. The minimum absolute atomic E-state index is 0.0462. The summed E-state index contributed by atoms with van der Waals surface area (Å²) in [6.07, 6.45) is 1.80. The van der Waals surface area contributed by atoms with E-state index in [4.69, 9.17) is 0 Å². The summed E-state index contributed by atoms with van der Waals surface area (Å²) in [4.78, 5) is 27.9. The van der Waals surface area contributed by atoms with Crippen LogP contribution in [0.4, 0.5) is 0 Å². The van der Waals surface area contributed by atoms with Gasteiger partial charge in [0, 0.05) is 18.2 Å². The molecule has 4 rings (SSSR count). The van der Waals surface area contributed by atoms with E-state index in [1.807, 2.05) is 72.2 Å². The molecule has 0 saturated heterocycles. The molecule has 0 aliphatic heterocycles. The molecule has 3 aromatic carbocycles. The first-order chi connectivity index (χ1) is 14.4. The van der Waals surface area contributed by atoms with Gasteiger partial charge in [0.25, 0.3) is 0 Å². The van der Waals surface area contributed by atoms with Gasteiger partial charge in [-0.1, -0.05) is 42.5 Å². The molecule has 30 heavy (non-hydrogen) atoms. The van der Waals surface area contributed by atoms with Crippen molar-refractivity contribution in [3.63, 3.8) is 0 Å². The Labute approximate surface area is 175 Å². The van der Waals surface area contributed by atoms with Gasteiger partial charge >= 0.3 is 0 Å². The molecule has 0 fully saturated rings. The highest BCUT2D eigenvalue weighted by Gasteiger charge is 2.12. The minimum Gasteiger partial charge on any atom is -0.350 e. The maximum absolute atomic E-state index is 12.0. The van der Waals surface area contributed by atoms with Crippen molar-refractivity contribution in [2.24, 2.45) is 0 Å². The van der Waals surface area contributed by atoms with Crippen molar-refractivity contribution in [2.75, 3.05) is 0 Å². The summed E-state index contributed by atoms with van der Waals surface area (Å²) in [6, 6.07) is 21.7. The first kappa shape index (κ1) is 19.6. The molecule has 0 aliphatic carbocycles. The van der Waals surface area contributed by atoms with Gasteiger partial charge in [0.2, 0.25) is 5.91 Å². The van der Waals surface area contributed by atoms with Crippen LogP contribution in [0.25, 0.3) is 27.8 Å². The lowest BCUT2D eigenvalue weighted by molar-refractivity contribution is -0.119. The molecule has 1 heterocycles. The molecule has 1 atom stereocenters. The predicted molar refractivity (Wildman–Crippen MR) is 119 cm³/mol. The van der Waals surface area contributed by atoms with Gasteiger partial charge in [-0.2, -0.15) is 0 Å². The fraction of sp³-hybridized carbons (Fsp3) is 0.160. The van der Waals surface area contributed by atoms with Crippen molar-refractivity contribution in [1.29, 1.82) is 0 Å². The number of carbonyl (C=O) groups excluding carboxylic acids is 2. The molecule has 0 radical (unpaired) electrons. The molecule has 5 heteroatoms. The summed E-state index contributed by atoms with van der Waals surface area (Å²) in [7, 11) is 0. The van der Waals surface area contributed by atoms with Gasteiger partial charge in [0.15, 0.2) is 5.78 Å². The van der Waals surface area contributed by atoms with Crippen LogP contribution in [-0.2, 0) is 4.79 Å². The molecule has 4 aromatic rings. The molecule has 1 unspecified atom stereocenters. The predicted octanol–water partition coefficient (Wildman–Crippen LogP) is 5.09. The lowest BCUT2D eigenvalue weighted by Gasteiger charge is -2.13.